The van der Waals surface area contributed by atoms with Crippen LogP contribution in [-0.2, 0) is 19.1 Å². The molecule has 0 spiro atoms. The third-order valence-electron chi connectivity index (χ3n) is 6.58. The Morgan fingerprint density at radius 2 is 1.65 bits per heavy atom. The van der Waals surface area contributed by atoms with Gasteiger partial charge < -0.3 is 18.9 Å². The van der Waals surface area contributed by atoms with Gasteiger partial charge in [0.2, 0.25) is 11.8 Å². The predicted molar refractivity (Wildman–Crippen MR) is 123 cm³/mol. The Labute approximate surface area is 197 Å². The van der Waals surface area contributed by atoms with Crippen LogP contribution in [0.4, 0.5) is 5.69 Å². The summed E-state index contributed by atoms with van der Waals surface area (Å²) in [4.78, 5) is 41.6. The van der Waals surface area contributed by atoms with Crippen LogP contribution >= 0.6 is 0 Å². The third-order valence-corrected chi connectivity index (χ3v) is 6.58. The molecule has 2 aliphatic heterocycles. The third kappa shape index (κ3) is 3.56. The van der Waals surface area contributed by atoms with Gasteiger partial charge in [-0.3, -0.25) is 19.7 Å². The fourth-order valence-electron chi connectivity index (χ4n) is 4.93. The topological polar surface area (TPSA) is 103 Å². The quantitative estimate of drug-likeness (QED) is 0.488. The van der Waals surface area contributed by atoms with E-state index in [1.165, 1.54) is 21.3 Å². The molecule has 2 heterocycles. The van der Waals surface area contributed by atoms with Gasteiger partial charge >= 0.3 is 5.97 Å². The number of esters is 1. The van der Waals surface area contributed by atoms with Crippen LogP contribution in [0.15, 0.2) is 42.5 Å². The van der Waals surface area contributed by atoms with Crippen molar-refractivity contribution >= 4 is 23.5 Å². The molecule has 2 amide bonds. The molecule has 4 atom stereocenters. The van der Waals surface area contributed by atoms with Crippen LogP contribution in [-0.4, -0.2) is 51.3 Å². The summed E-state index contributed by atoms with van der Waals surface area (Å²) in [5, 5.41) is 3.25. The minimum atomic E-state index is -1.40. The summed E-state index contributed by atoms with van der Waals surface area (Å²) < 4.78 is 21.3. The van der Waals surface area contributed by atoms with Crippen LogP contribution in [0, 0.1) is 11.8 Å². The number of amides is 2. The van der Waals surface area contributed by atoms with E-state index in [2.05, 4.69) is 5.32 Å². The summed E-state index contributed by atoms with van der Waals surface area (Å²) in [5.41, 5.74) is -0.284. The van der Waals surface area contributed by atoms with Gasteiger partial charge in [0.15, 0.2) is 11.5 Å². The number of hydrogen-bond donors (Lipinski definition) is 1. The number of anilines is 1. The van der Waals surface area contributed by atoms with Gasteiger partial charge in [-0.25, -0.2) is 4.90 Å². The van der Waals surface area contributed by atoms with E-state index in [-0.39, 0.29) is 12.5 Å². The first kappa shape index (κ1) is 23.6. The molecule has 2 fully saturated rings. The second-order valence-corrected chi connectivity index (χ2v) is 8.37. The van der Waals surface area contributed by atoms with Crippen LogP contribution in [0.3, 0.4) is 0 Å². The lowest BCUT2D eigenvalue weighted by Gasteiger charge is -2.29. The van der Waals surface area contributed by atoms with E-state index in [4.69, 9.17) is 18.9 Å². The summed E-state index contributed by atoms with van der Waals surface area (Å²) in [6.45, 7) is 3.47. The fourth-order valence-corrected chi connectivity index (χ4v) is 4.93. The molecule has 0 bridgehead atoms. The van der Waals surface area contributed by atoms with Crippen molar-refractivity contribution < 1.29 is 33.3 Å². The SMILES string of the molecule is CCOC(=O)[C@]1(C)N[C@H](c2ccc(OC)c(OC)c2)[C@H]2C(=O)N(c3ccc(OC)cc3)C(=O)[C@@H]21. The number of methoxy groups -OCH3 is 3. The molecule has 0 unspecified atom stereocenters. The van der Waals surface area contributed by atoms with E-state index in [9.17, 15) is 14.4 Å². The van der Waals surface area contributed by atoms with E-state index in [0.29, 0.717) is 28.5 Å². The van der Waals surface area contributed by atoms with E-state index < -0.39 is 35.3 Å². The number of nitrogens with one attached hydrogen (secondary N) is 1. The van der Waals surface area contributed by atoms with Gasteiger partial charge in [-0.2, -0.15) is 0 Å². The Balaban J connectivity index is 1.80. The molecule has 1 N–H and O–H groups in total. The van der Waals surface area contributed by atoms with Crippen molar-refractivity contribution in [1.82, 2.24) is 5.32 Å². The summed E-state index contributed by atoms with van der Waals surface area (Å²) >= 11 is 0. The zero-order valence-electron chi connectivity index (χ0n) is 19.8. The van der Waals surface area contributed by atoms with Crippen LogP contribution in [0.1, 0.15) is 25.5 Å². The summed E-state index contributed by atoms with van der Waals surface area (Å²) in [6, 6.07) is 11.3. The van der Waals surface area contributed by atoms with Crippen molar-refractivity contribution in [2.45, 2.75) is 25.4 Å². The average Bonchev–Trinajstić information content (AvgIpc) is 3.32. The van der Waals surface area contributed by atoms with E-state index in [1.807, 2.05) is 0 Å². The van der Waals surface area contributed by atoms with Crippen LogP contribution in [0.2, 0.25) is 0 Å². The number of hydrogen-bond acceptors (Lipinski definition) is 8. The minimum absolute atomic E-state index is 0.152. The van der Waals surface area contributed by atoms with Gasteiger partial charge in [0.05, 0.1) is 45.5 Å². The molecule has 34 heavy (non-hydrogen) atoms. The number of carbonyl (C=O) groups excluding carboxylic acids is 3. The molecular weight excluding hydrogens is 440 g/mol. The van der Waals surface area contributed by atoms with E-state index >= 15 is 0 Å². The molecule has 0 saturated carbocycles. The second kappa shape index (κ2) is 8.98. The number of ether oxygens (including phenoxy) is 4. The van der Waals surface area contributed by atoms with Crippen molar-refractivity contribution in [3.63, 3.8) is 0 Å². The molecule has 0 aromatic heterocycles. The summed E-state index contributed by atoms with van der Waals surface area (Å²) in [6.07, 6.45) is 0. The van der Waals surface area contributed by atoms with E-state index in [0.717, 1.165) is 4.90 Å². The maximum atomic E-state index is 13.7. The molecule has 180 valence electrons. The molecule has 0 radical (unpaired) electrons. The Morgan fingerprint density at radius 1 is 0.971 bits per heavy atom. The normalized spacial score (nSPS) is 25.8. The monoisotopic (exact) mass is 468 g/mol. The largest absolute Gasteiger partial charge is 0.497 e. The fraction of sp³-hybridized carbons (Fsp3) is 0.400. The van der Waals surface area contributed by atoms with Crippen LogP contribution in [0.5, 0.6) is 17.2 Å². The van der Waals surface area contributed by atoms with Gasteiger partial charge in [0.25, 0.3) is 0 Å². The highest BCUT2D eigenvalue weighted by molar-refractivity contribution is 6.24. The molecular formula is C25H28N2O7. The molecule has 2 aromatic carbocycles. The highest BCUT2D eigenvalue weighted by Crippen LogP contribution is 2.50. The van der Waals surface area contributed by atoms with Crippen molar-refractivity contribution in [2.24, 2.45) is 11.8 Å². The maximum absolute atomic E-state index is 13.7. The van der Waals surface area contributed by atoms with Gasteiger partial charge in [-0.15, -0.1) is 0 Å². The minimum Gasteiger partial charge on any atom is -0.497 e. The number of nitrogens with zero attached hydrogens (tertiary/aromatic N) is 1. The Morgan fingerprint density at radius 3 is 2.24 bits per heavy atom. The number of imide groups is 1. The molecule has 0 aliphatic carbocycles. The highest BCUT2D eigenvalue weighted by atomic mass is 16.5. The number of rotatable bonds is 7. The number of fused-ring (bicyclic) bond motifs is 1. The zero-order valence-corrected chi connectivity index (χ0v) is 19.8. The maximum Gasteiger partial charge on any atom is 0.326 e. The summed E-state index contributed by atoms with van der Waals surface area (Å²) in [7, 11) is 4.59. The average molecular weight is 469 g/mol. The first-order valence-electron chi connectivity index (χ1n) is 11.0. The van der Waals surface area contributed by atoms with Gasteiger partial charge in [0.1, 0.15) is 11.3 Å². The number of carbonyl (C=O) groups is 3. The lowest BCUT2D eigenvalue weighted by Crippen LogP contribution is -2.54. The first-order chi connectivity index (χ1) is 16.3. The lowest BCUT2D eigenvalue weighted by atomic mass is 9.80. The Hall–Kier alpha value is -3.59. The van der Waals surface area contributed by atoms with Crippen molar-refractivity contribution in [2.75, 3.05) is 32.8 Å². The zero-order chi connectivity index (χ0) is 24.6. The Kier molecular flexibility index (Phi) is 6.22. The van der Waals surface area contributed by atoms with Gasteiger partial charge in [0, 0.05) is 6.04 Å². The van der Waals surface area contributed by atoms with Crippen molar-refractivity contribution in [3.05, 3.63) is 48.0 Å². The predicted octanol–water partition coefficient (Wildman–Crippen LogP) is 2.48. The van der Waals surface area contributed by atoms with Gasteiger partial charge in [-0.1, -0.05) is 6.07 Å². The first-order valence-corrected chi connectivity index (χ1v) is 11.0. The van der Waals surface area contributed by atoms with Crippen molar-refractivity contribution in [3.8, 4) is 17.2 Å². The standard InChI is InChI=1S/C25H28N2O7/c1-6-34-24(30)25(2)20-19(21(26-25)14-7-12-17(32-4)18(13-14)33-5)22(28)27(23(20)29)15-8-10-16(31-3)11-9-15/h7-13,19-21,26H,6H2,1-5H3/t19-,20+,21+,25+/m0/s1. The molecule has 9 heteroatoms. The second-order valence-electron chi connectivity index (χ2n) is 8.37. The van der Waals surface area contributed by atoms with Crippen molar-refractivity contribution in [1.29, 1.82) is 0 Å². The summed E-state index contributed by atoms with van der Waals surface area (Å²) in [5.74, 6) is -1.57. The molecule has 2 aliphatic rings. The van der Waals surface area contributed by atoms with Crippen LogP contribution in [0.25, 0.3) is 0 Å². The van der Waals surface area contributed by atoms with Crippen LogP contribution < -0.4 is 24.4 Å². The Bertz CT molecular complexity index is 1120. The molecule has 4 rings (SSSR count). The number of benzene rings is 2. The smallest absolute Gasteiger partial charge is 0.326 e. The molecule has 2 aromatic rings. The van der Waals surface area contributed by atoms with E-state index in [1.54, 1.807) is 56.3 Å². The molecule has 9 nitrogen and oxygen atoms in total. The lowest BCUT2D eigenvalue weighted by molar-refractivity contribution is -0.153. The molecule has 2 saturated heterocycles. The highest BCUT2D eigenvalue weighted by Gasteiger charge is 2.67. The van der Waals surface area contributed by atoms with Gasteiger partial charge in [-0.05, 0) is 55.8 Å².